The maximum atomic E-state index is 12.8. The highest BCUT2D eigenvalue weighted by Gasteiger charge is 2.31. The van der Waals surface area contributed by atoms with Crippen LogP contribution in [-0.2, 0) is 21.9 Å². The lowest BCUT2D eigenvalue weighted by molar-refractivity contribution is -0.136. The molecule has 1 N–H and O–H groups in total. The molecule has 7 nitrogen and oxygen atoms in total. The molecular weight excluding hydrogens is 436 g/mol. The van der Waals surface area contributed by atoms with Crippen LogP contribution in [0.25, 0.3) is 10.9 Å². The Morgan fingerprint density at radius 3 is 2.55 bits per heavy atom. The van der Waals surface area contributed by atoms with Crippen molar-refractivity contribution in [1.82, 2.24) is 14.5 Å². The minimum atomic E-state index is -3.70. The highest BCUT2D eigenvalue weighted by atomic mass is 32.2. The van der Waals surface area contributed by atoms with E-state index >= 15 is 0 Å². The molecule has 1 aromatic carbocycles. The number of carbonyl (C=O) groups excluding carboxylic acids is 1. The van der Waals surface area contributed by atoms with Gasteiger partial charge in [0.05, 0.1) is 0 Å². The molecule has 2 aliphatic rings. The summed E-state index contributed by atoms with van der Waals surface area (Å²) in [5.74, 6) is 0.928. The number of sulfonamides is 1. The van der Waals surface area contributed by atoms with Crippen molar-refractivity contribution in [2.45, 2.75) is 49.3 Å². The molecule has 3 aromatic rings. The van der Waals surface area contributed by atoms with Gasteiger partial charge in [-0.05, 0) is 67.5 Å². The lowest BCUT2D eigenvalue weighted by atomic mass is 9.88. The van der Waals surface area contributed by atoms with Crippen LogP contribution in [0.1, 0.15) is 50.0 Å². The van der Waals surface area contributed by atoms with Crippen LogP contribution in [0.2, 0.25) is 0 Å². The fraction of sp³-hybridized carbons (Fsp3) is 0.440. The number of aromatic nitrogens is 2. The summed E-state index contributed by atoms with van der Waals surface area (Å²) in [5.41, 5.74) is 2.83. The number of anilines is 1. The van der Waals surface area contributed by atoms with E-state index < -0.39 is 10.0 Å². The summed E-state index contributed by atoms with van der Waals surface area (Å²) < 4.78 is 30.3. The van der Waals surface area contributed by atoms with E-state index in [4.69, 9.17) is 0 Å². The van der Waals surface area contributed by atoms with Crippen LogP contribution < -0.4 is 4.72 Å². The van der Waals surface area contributed by atoms with Crippen molar-refractivity contribution in [2.75, 3.05) is 17.8 Å². The van der Waals surface area contributed by atoms with E-state index in [9.17, 15) is 13.2 Å². The van der Waals surface area contributed by atoms with Gasteiger partial charge in [0.1, 0.15) is 4.90 Å². The van der Waals surface area contributed by atoms with Crippen LogP contribution in [0.15, 0.2) is 53.8 Å². The Hall–Kier alpha value is -2.87. The van der Waals surface area contributed by atoms with Gasteiger partial charge < -0.3 is 9.47 Å². The first kappa shape index (κ1) is 21.9. The van der Waals surface area contributed by atoms with E-state index in [1.54, 1.807) is 18.3 Å². The third kappa shape index (κ3) is 4.36. The topological polar surface area (TPSA) is 84.3 Å². The molecule has 0 unspecified atom stereocenters. The second-order valence-electron chi connectivity index (χ2n) is 9.30. The van der Waals surface area contributed by atoms with Gasteiger partial charge in [-0.1, -0.05) is 12.8 Å². The molecule has 2 fully saturated rings. The number of likely N-dealkylation sites (tertiary alicyclic amines) is 1. The minimum absolute atomic E-state index is 0.137. The number of hydrogen-bond acceptors (Lipinski definition) is 4. The number of nitrogens with zero attached hydrogens (tertiary/aromatic N) is 3. The van der Waals surface area contributed by atoms with Crippen LogP contribution in [0, 0.1) is 5.92 Å². The van der Waals surface area contributed by atoms with Gasteiger partial charge in [0.2, 0.25) is 5.91 Å². The van der Waals surface area contributed by atoms with Crippen LogP contribution >= 0.6 is 0 Å². The Balaban J connectivity index is 1.35. The predicted octanol–water partition coefficient (Wildman–Crippen LogP) is 4.27. The van der Waals surface area contributed by atoms with Crippen molar-refractivity contribution < 1.29 is 13.2 Å². The van der Waals surface area contributed by atoms with Crippen molar-refractivity contribution in [1.29, 1.82) is 0 Å². The Bertz CT molecular complexity index is 1260. The minimum Gasteiger partial charge on any atom is -0.350 e. The molecule has 1 amide bonds. The maximum absolute atomic E-state index is 12.8. The standard InChI is InChI=1S/C25H30N4O3S/c1-28-17-23(18-10-13-29(14-11-18)25(30)19-5-2-3-6-19)22-15-20(8-9-24(22)28)27-33(31,32)21-7-4-12-26-16-21/h4,7-9,12,15-19,27H,2-3,5-6,10-11,13-14H2,1H3. The molecule has 5 rings (SSSR count). The fourth-order valence-corrected chi connectivity index (χ4v) is 6.39. The molecule has 2 aromatic heterocycles. The molecule has 1 saturated heterocycles. The third-order valence-electron chi connectivity index (χ3n) is 7.17. The summed E-state index contributed by atoms with van der Waals surface area (Å²) in [6.45, 7) is 1.59. The molecule has 1 saturated carbocycles. The quantitative estimate of drug-likeness (QED) is 0.609. The number of carbonyl (C=O) groups is 1. The zero-order chi connectivity index (χ0) is 23.0. The van der Waals surface area contributed by atoms with Crippen molar-refractivity contribution in [3.63, 3.8) is 0 Å². The Kier molecular flexibility index (Phi) is 5.86. The van der Waals surface area contributed by atoms with Gasteiger partial charge in [0, 0.05) is 61.2 Å². The lowest BCUT2D eigenvalue weighted by Gasteiger charge is -2.33. The number of nitrogens with one attached hydrogen (secondary N) is 1. The zero-order valence-corrected chi connectivity index (χ0v) is 19.7. The summed E-state index contributed by atoms with van der Waals surface area (Å²) >= 11 is 0. The van der Waals surface area contributed by atoms with Crippen LogP contribution in [0.5, 0.6) is 0 Å². The molecule has 174 valence electrons. The van der Waals surface area contributed by atoms with Crippen molar-refractivity contribution >= 4 is 32.5 Å². The summed E-state index contributed by atoms with van der Waals surface area (Å²) in [4.78, 5) is 18.9. The van der Waals surface area contributed by atoms with E-state index in [0.717, 1.165) is 49.7 Å². The summed E-state index contributed by atoms with van der Waals surface area (Å²) in [5, 5.41) is 1.06. The average molecular weight is 467 g/mol. The van der Waals surface area contributed by atoms with Crippen LogP contribution in [0.4, 0.5) is 5.69 Å². The average Bonchev–Trinajstić information content (AvgIpc) is 3.48. The number of rotatable bonds is 5. The molecule has 1 aliphatic heterocycles. The molecule has 0 spiro atoms. The summed E-state index contributed by atoms with van der Waals surface area (Å²) in [6.07, 6.45) is 11.4. The van der Waals surface area contributed by atoms with E-state index in [-0.39, 0.29) is 10.8 Å². The number of fused-ring (bicyclic) bond motifs is 1. The highest BCUT2D eigenvalue weighted by molar-refractivity contribution is 7.92. The smallest absolute Gasteiger partial charge is 0.263 e. The van der Waals surface area contributed by atoms with Gasteiger partial charge >= 0.3 is 0 Å². The number of benzene rings is 1. The van der Waals surface area contributed by atoms with Gasteiger partial charge in [-0.25, -0.2) is 8.42 Å². The molecule has 0 radical (unpaired) electrons. The first-order valence-corrected chi connectivity index (χ1v) is 13.2. The van der Waals surface area contributed by atoms with E-state index in [1.807, 2.05) is 19.2 Å². The Morgan fingerprint density at radius 1 is 1.09 bits per heavy atom. The van der Waals surface area contributed by atoms with Gasteiger partial charge in [-0.2, -0.15) is 0 Å². The number of aryl methyl sites for hydroxylation is 1. The fourth-order valence-electron chi connectivity index (χ4n) is 5.37. The van der Waals surface area contributed by atoms with E-state index in [2.05, 4.69) is 25.4 Å². The summed E-state index contributed by atoms with van der Waals surface area (Å²) in [6, 6.07) is 8.82. The number of amides is 1. The first-order valence-electron chi connectivity index (χ1n) is 11.7. The van der Waals surface area contributed by atoms with Gasteiger partial charge in [-0.3, -0.25) is 14.5 Å². The number of piperidine rings is 1. The lowest BCUT2D eigenvalue weighted by Crippen LogP contribution is -2.40. The molecular formula is C25H30N4O3S. The summed E-state index contributed by atoms with van der Waals surface area (Å²) in [7, 11) is -1.68. The van der Waals surface area contributed by atoms with Crippen molar-refractivity contribution in [3.8, 4) is 0 Å². The number of hydrogen-bond donors (Lipinski definition) is 1. The van der Waals surface area contributed by atoms with Gasteiger partial charge in [0.25, 0.3) is 10.0 Å². The molecule has 33 heavy (non-hydrogen) atoms. The molecule has 0 bridgehead atoms. The molecule has 3 heterocycles. The maximum Gasteiger partial charge on any atom is 0.263 e. The Labute approximate surface area is 194 Å². The SMILES string of the molecule is Cn1cc(C2CCN(C(=O)C3CCCC3)CC2)c2cc(NS(=O)(=O)c3cccnc3)ccc21. The van der Waals surface area contributed by atoms with Crippen LogP contribution in [-0.4, -0.2) is 41.9 Å². The molecule has 0 atom stereocenters. The zero-order valence-electron chi connectivity index (χ0n) is 18.9. The number of pyridine rings is 1. The normalized spacial score (nSPS) is 18.2. The second kappa shape index (κ2) is 8.82. The monoisotopic (exact) mass is 466 g/mol. The van der Waals surface area contributed by atoms with E-state index in [1.165, 1.54) is 30.7 Å². The van der Waals surface area contributed by atoms with Gasteiger partial charge in [-0.15, -0.1) is 0 Å². The second-order valence-corrected chi connectivity index (χ2v) is 11.0. The van der Waals surface area contributed by atoms with E-state index in [0.29, 0.717) is 17.5 Å². The van der Waals surface area contributed by atoms with Crippen molar-refractivity contribution in [3.05, 3.63) is 54.5 Å². The molecule has 8 heteroatoms. The third-order valence-corrected chi connectivity index (χ3v) is 8.53. The first-order chi connectivity index (χ1) is 15.9. The van der Waals surface area contributed by atoms with Crippen molar-refractivity contribution in [2.24, 2.45) is 13.0 Å². The highest BCUT2D eigenvalue weighted by Crippen LogP contribution is 2.37. The van der Waals surface area contributed by atoms with Gasteiger partial charge in [0.15, 0.2) is 0 Å². The predicted molar refractivity (Wildman–Crippen MR) is 128 cm³/mol. The Morgan fingerprint density at radius 2 is 1.85 bits per heavy atom. The molecule has 1 aliphatic carbocycles. The largest absolute Gasteiger partial charge is 0.350 e. The van der Waals surface area contributed by atoms with Crippen LogP contribution in [0.3, 0.4) is 0 Å².